The lowest BCUT2D eigenvalue weighted by molar-refractivity contribution is 0.103. The Balaban J connectivity index is 1.73. The number of hydrogen-bond donors (Lipinski definition) is 0. The van der Waals surface area contributed by atoms with Crippen LogP contribution in [-0.2, 0) is 6.54 Å². The van der Waals surface area contributed by atoms with Crippen LogP contribution in [0.3, 0.4) is 0 Å². The SMILES string of the molecule is COc1cc(OC)c(/C=C/C(=O)c2nc3ccccc3n2Cc2ccc(F)cc2)c(OC)c1. The molecule has 0 N–H and O–H groups in total. The van der Waals surface area contributed by atoms with Crippen molar-refractivity contribution in [2.45, 2.75) is 6.54 Å². The largest absolute Gasteiger partial charge is 0.496 e. The minimum Gasteiger partial charge on any atom is -0.496 e. The molecule has 7 heteroatoms. The first-order valence-electron chi connectivity index (χ1n) is 10.3. The normalized spacial score (nSPS) is 11.2. The molecule has 4 rings (SSSR count). The van der Waals surface area contributed by atoms with Crippen molar-refractivity contribution in [2.75, 3.05) is 21.3 Å². The van der Waals surface area contributed by atoms with Gasteiger partial charge in [-0.25, -0.2) is 9.37 Å². The number of carbonyl (C=O) groups is 1. The summed E-state index contributed by atoms with van der Waals surface area (Å²) < 4.78 is 31.4. The molecule has 0 fully saturated rings. The Bertz CT molecular complexity index is 1300. The quantitative estimate of drug-likeness (QED) is 0.277. The Hall–Kier alpha value is -4.13. The van der Waals surface area contributed by atoms with Crippen molar-refractivity contribution in [2.24, 2.45) is 0 Å². The van der Waals surface area contributed by atoms with E-state index in [0.29, 0.717) is 34.9 Å². The maximum absolute atomic E-state index is 13.3. The molecule has 33 heavy (non-hydrogen) atoms. The fourth-order valence-electron chi connectivity index (χ4n) is 3.63. The third-order valence-corrected chi connectivity index (χ3v) is 5.28. The van der Waals surface area contributed by atoms with Gasteiger partial charge in [-0.15, -0.1) is 0 Å². The van der Waals surface area contributed by atoms with Crippen molar-refractivity contribution in [1.29, 1.82) is 0 Å². The van der Waals surface area contributed by atoms with E-state index in [2.05, 4.69) is 4.98 Å². The van der Waals surface area contributed by atoms with E-state index in [-0.39, 0.29) is 17.4 Å². The van der Waals surface area contributed by atoms with Gasteiger partial charge in [0.1, 0.15) is 23.1 Å². The molecule has 0 aliphatic heterocycles. The summed E-state index contributed by atoms with van der Waals surface area (Å²) in [5.41, 5.74) is 2.99. The smallest absolute Gasteiger partial charge is 0.221 e. The summed E-state index contributed by atoms with van der Waals surface area (Å²) in [6.07, 6.45) is 3.08. The van der Waals surface area contributed by atoms with Crippen molar-refractivity contribution in [3.8, 4) is 17.2 Å². The van der Waals surface area contributed by atoms with Gasteiger partial charge in [0.05, 0.1) is 37.9 Å². The summed E-state index contributed by atoms with van der Waals surface area (Å²) in [6, 6.07) is 17.1. The molecule has 0 saturated heterocycles. The summed E-state index contributed by atoms with van der Waals surface area (Å²) in [5.74, 6) is 1.28. The van der Waals surface area contributed by atoms with Crippen molar-refractivity contribution >= 4 is 22.9 Å². The zero-order valence-electron chi connectivity index (χ0n) is 18.5. The minimum atomic E-state index is -0.309. The fraction of sp³-hybridized carbons (Fsp3) is 0.154. The summed E-state index contributed by atoms with van der Waals surface area (Å²) >= 11 is 0. The van der Waals surface area contributed by atoms with Crippen LogP contribution in [0.1, 0.15) is 21.7 Å². The number of halogens is 1. The first-order valence-corrected chi connectivity index (χ1v) is 10.3. The first-order chi connectivity index (χ1) is 16.0. The number of imidazole rings is 1. The standard InChI is InChI=1S/C26H23FN2O4/c1-31-19-14-24(32-2)20(25(15-19)33-3)12-13-23(30)26-28-21-6-4-5-7-22(21)29(26)16-17-8-10-18(27)11-9-17/h4-15H,16H2,1-3H3/b13-12+. The highest BCUT2D eigenvalue weighted by molar-refractivity contribution is 6.06. The summed E-state index contributed by atoms with van der Waals surface area (Å²) in [5, 5.41) is 0. The van der Waals surface area contributed by atoms with Crippen LogP contribution in [-0.4, -0.2) is 36.7 Å². The van der Waals surface area contributed by atoms with Crippen LogP contribution < -0.4 is 14.2 Å². The Morgan fingerprint density at radius 2 is 1.64 bits per heavy atom. The van der Waals surface area contributed by atoms with Crippen LogP contribution in [0.25, 0.3) is 17.1 Å². The molecule has 6 nitrogen and oxygen atoms in total. The van der Waals surface area contributed by atoms with Crippen molar-refractivity contribution in [1.82, 2.24) is 9.55 Å². The predicted octanol–water partition coefficient (Wildman–Crippen LogP) is 5.15. The molecule has 0 bridgehead atoms. The van der Waals surface area contributed by atoms with Gasteiger partial charge in [0.15, 0.2) is 5.82 Å². The van der Waals surface area contributed by atoms with Gasteiger partial charge in [0.2, 0.25) is 5.78 Å². The number of hydrogen-bond acceptors (Lipinski definition) is 5. The van der Waals surface area contributed by atoms with Gasteiger partial charge >= 0.3 is 0 Å². The van der Waals surface area contributed by atoms with E-state index < -0.39 is 0 Å². The average Bonchev–Trinajstić information content (AvgIpc) is 3.21. The van der Waals surface area contributed by atoms with E-state index in [4.69, 9.17) is 14.2 Å². The van der Waals surface area contributed by atoms with Gasteiger partial charge in [-0.2, -0.15) is 0 Å². The lowest BCUT2D eigenvalue weighted by Gasteiger charge is -2.12. The van der Waals surface area contributed by atoms with E-state index in [1.807, 2.05) is 28.8 Å². The van der Waals surface area contributed by atoms with Crippen LogP contribution in [0, 0.1) is 5.82 Å². The molecule has 0 aliphatic carbocycles. The van der Waals surface area contributed by atoms with Gasteiger partial charge in [0.25, 0.3) is 0 Å². The third-order valence-electron chi connectivity index (χ3n) is 5.28. The van der Waals surface area contributed by atoms with Gasteiger partial charge < -0.3 is 18.8 Å². The number of methoxy groups -OCH3 is 3. The van der Waals surface area contributed by atoms with Gasteiger partial charge in [0, 0.05) is 18.7 Å². The second-order valence-corrected chi connectivity index (χ2v) is 7.28. The fourth-order valence-corrected chi connectivity index (χ4v) is 3.63. The highest BCUT2D eigenvalue weighted by atomic mass is 19.1. The zero-order chi connectivity index (χ0) is 23.4. The summed E-state index contributed by atoms with van der Waals surface area (Å²) in [6.45, 7) is 0.380. The second kappa shape index (κ2) is 9.56. The number of fused-ring (bicyclic) bond motifs is 1. The monoisotopic (exact) mass is 446 g/mol. The van der Waals surface area contributed by atoms with Crippen molar-refractivity contribution in [3.63, 3.8) is 0 Å². The zero-order valence-corrected chi connectivity index (χ0v) is 18.5. The topological polar surface area (TPSA) is 62.6 Å². The maximum Gasteiger partial charge on any atom is 0.221 e. The molecule has 0 amide bonds. The number of allylic oxidation sites excluding steroid dienone is 1. The number of rotatable bonds is 8. The number of ether oxygens (including phenoxy) is 3. The van der Waals surface area contributed by atoms with E-state index >= 15 is 0 Å². The molecule has 0 saturated carbocycles. The second-order valence-electron chi connectivity index (χ2n) is 7.28. The van der Waals surface area contributed by atoms with Crippen LogP contribution in [0.2, 0.25) is 0 Å². The summed E-state index contributed by atoms with van der Waals surface area (Å²) in [7, 11) is 4.63. The molecule has 0 atom stereocenters. The molecule has 0 spiro atoms. The highest BCUT2D eigenvalue weighted by Gasteiger charge is 2.17. The molecule has 1 aromatic heterocycles. The van der Waals surface area contributed by atoms with E-state index in [1.54, 1.807) is 37.5 Å². The lowest BCUT2D eigenvalue weighted by atomic mass is 10.1. The molecule has 4 aromatic rings. The number of carbonyl (C=O) groups excluding carboxylic acids is 1. The molecule has 0 aliphatic rings. The van der Waals surface area contributed by atoms with E-state index in [9.17, 15) is 9.18 Å². The minimum absolute atomic E-state index is 0.281. The first kappa shape index (κ1) is 22.1. The number of para-hydroxylation sites is 2. The Kier molecular flexibility index (Phi) is 6.40. The third kappa shape index (κ3) is 4.57. The number of aromatic nitrogens is 2. The van der Waals surface area contributed by atoms with Crippen molar-refractivity contribution in [3.05, 3.63) is 89.5 Å². The van der Waals surface area contributed by atoms with Crippen LogP contribution in [0.15, 0.2) is 66.7 Å². The van der Waals surface area contributed by atoms with Crippen LogP contribution in [0.4, 0.5) is 4.39 Å². The van der Waals surface area contributed by atoms with Gasteiger partial charge in [-0.05, 0) is 42.0 Å². The molecule has 3 aromatic carbocycles. The van der Waals surface area contributed by atoms with E-state index in [1.165, 1.54) is 32.4 Å². The Morgan fingerprint density at radius 3 is 2.27 bits per heavy atom. The number of ketones is 1. The number of benzene rings is 3. The average molecular weight is 446 g/mol. The lowest BCUT2D eigenvalue weighted by Crippen LogP contribution is -2.10. The molecular weight excluding hydrogens is 423 g/mol. The predicted molar refractivity (Wildman–Crippen MR) is 125 cm³/mol. The molecule has 0 unspecified atom stereocenters. The van der Waals surface area contributed by atoms with Gasteiger partial charge in [-0.3, -0.25) is 4.79 Å². The molecular formula is C26H23FN2O4. The van der Waals surface area contributed by atoms with Crippen LogP contribution >= 0.6 is 0 Å². The maximum atomic E-state index is 13.3. The van der Waals surface area contributed by atoms with Crippen molar-refractivity contribution < 1.29 is 23.4 Å². The number of nitrogens with zero attached hydrogens (tertiary/aromatic N) is 2. The summed E-state index contributed by atoms with van der Waals surface area (Å²) in [4.78, 5) is 17.8. The Labute approximate surface area is 190 Å². The van der Waals surface area contributed by atoms with Gasteiger partial charge in [-0.1, -0.05) is 24.3 Å². The Morgan fingerprint density at radius 1 is 0.970 bits per heavy atom. The highest BCUT2D eigenvalue weighted by Crippen LogP contribution is 2.35. The van der Waals surface area contributed by atoms with Crippen LogP contribution in [0.5, 0.6) is 17.2 Å². The molecule has 1 heterocycles. The molecule has 168 valence electrons. The van der Waals surface area contributed by atoms with E-state index in [0.717, 1.165) is 11.1 Å². The molecule has 0 radical (unpaired) electrons.